The van der Waals surface area contributed by atoms with Gasteiger partial charge in [0.1, 0.15) is 0 Å². The van der Waals surface area contributed by atoms with Crippen molar-refractivity contribution >= 4 is 11.8 Å². The molecule has 0 amide bonds. The maximum Gasteiger partial charge on any atom is 0.0184 e. The van der Waals surface area contributed by atoms with E-state index in [-0.39, 0.29) is 0 Å². The van der Waals surface area contributed by atoms with Gasteiger partial charge in [0.15, 0.2) is 0 Å². The van der Waals surface area contributed by atoms with Gasteiger partial charge in [0, 0.05) is 36.7 Å². The van der Waals surface area contributed by atoms with Crippen LogP contribution < -0.4 is 5.32 Å². The maximum absolute atomic E-state index is 3.55. The summed E-state index contributed by atoms with van der Waals surface area (Å²) < 4.78 is 0. The summed E-state index contributed by atoms with van der Waals surface area (Å²) in [6, 6.07) is 0.741. The number of hydrogen-bond acceptors (Lipinski definition) is 3. The van der Waals surface area contributed by atoms with Gasteiger partial charge in [-0.2, -0.15) is 11.8 Å². The van der Waals surface area contributed by atoms with E-state index in [1.807, 2.05) is 0 Å². The molecule has 1 saturated heterocycles. The zero-order chi connectivity index (χ0) is 12.0. The third-order valence-corrected chi connectivity index (χ3v) is 4.83. The third-order valence-electron chi connectivity index (χ3n) is 3.49. The van der Waals surface area contributed by atoms with Crippen molar-refractivity contribution in [1.29, 1.82) is 0 Å². The van der Waals surface area contributed by atoms with E-state index in [1.165, 1.54) is 31.8 Å². The fraction of sp³-hybridized carbons (Fsp3) is 1.00. The molecule has 16 heavy (non-hydrogen) atoms. The molecule has 0 radical (unpaired) electrons. The Morgan fingerprint density at radius 2 is 2.06 bits per heavy atom. The van der Waals surface area contributed by atoms with Crippen molar-refractivity contribution in [1.82, 2.24) is 10.2 Å². The highest BCUT2D eigenvalue weighted by molar-refractivity contribution is 8.00. The molecule has 1 aliphatic rings. The van der Waals surface area contributed by atoms with Crippen molar-refractivity contribution in [3.63, 3.8) is 0 Å². The van der Waals surface area contributed by atoms with E-state index in [0.717, 1.165) is 23.8 Å². The summed E-state index contributed by atoms with van der Waals surface area (Å²) in [6.07, 6.45) is 1.29. The summed E-state index contributed by atoms with van der Waals surface area (Å²) in [5.74, 6) is 2.12. The number of nitrogens with zero attached hydrogens (tertiary/aromatic N) is 1. The number of nitrogens with one attached hydrogen (secondary N) is 1. The molecule has 1 fully saturated rings. The second-order valence-corrected chi connectivity index (χ2v) is 6.77. The topological polar surface area (TPSA) is 15.3 Å². The minimum absolute atomic E-state index is 0.741. The van der Waals surface area contributed by atoms with Gasteiger partial charge in [-0.05, 0) is 25.8 Å². The summed E-state index contributed by atoms with van der Waals surface area (Å²) in [7, 11) is 0. The molecule has 3 heteroatoms. The molecule has 2 unspecified atom stereocenters. The lowest BCUT2D eigenvalue weighted by Gasteiger charge is -2.37. The van der Waals surface area contributed by atoms with Crippen LogP contribution in [-0.2, 0) is 0 Å². The molecule has 0 bridgehead atoms. The van der Waals surface area contributed by atoms with Gasteiger partial charge in [0.25, 0.3) is 0 Å². The molecule has 96 valence electrons. The van der Waals surface area contributed by atoms with Crippen LogP contribution >= 0.6 is 11.8 Å². The molecule has 1 heterocycles. The first kappa shape index (κ1) is 14.3. The third kappa shape index (κ3) is 5.07. The van der Waals surface area contributed by atoms with Crippen LogP contribution in [0.2, 0.25) is 0 Å². The Hall–Kier alpha value is 0.270. The van der Waals surface area contributed by atoms with Crippen molar-refractivity contribution in [3.8, 4) is 0 Å². The van der Waals surface area contributed by atoms with Crippen LogP contribution in [0, 0.1) is 5.92 Å². The van der Waals surface area contributed by atoms with Gasteiger partial charge in [0.2, 0.25) is 0 Å². The van der Waals surface area contributed by atoms with Gasteiger partial charge in [-0.1, -0.05) is 20.8 Å². The van der Waals surface area contributed by atoms with Crippen LogP contribution in [0.25, 0.3) is 0 Å². The first-order chi connectivity index (χ1) is 7.61. The average molecular weight is 244 g/mol. The molecular formula is C13H28N2S. The highest BCUT2D eigenvalue weighted by Crippen LogP contribution is 2.23. The molecule has 0 saturated carbocycles. The predicted octanol–water partition coefficient (Wildman–Crippen LogP) is 2.45. The molecule has 1 N–H and O–H groups in total. The van der Waals surface area contributed by atoms with Crippen LogP contribution in [0.3, 0.4) is 0 Å². The van der Waals surface area contributed by atoms with Crippen LogP contribution in [-0.4, -0.2) is 48.1 Å². The van der Waals surface area contributed by atoms with Gasteiger partial charge in [-0.15, -0.1) is 0 Å². The average Bonchev–Trinajstić information content (AvgIpc) is 2.23. The zero-order valence-corrected chi connectivity index (χ0v) is 12.1. The number of thioether (sulfide) groups is 1. The summed E-state index contributed by atoms with van der Waals surface area (Å²) in [5, 5.41) is 4.35. The molecular weight excluding hydrogens is 216 g/mol. The lowest BCUT2D eigenvalue weighted by atomic mass is 10.1. The highest BCUT2D eigenvalue weighted by atomic mass is 32.2. The van der Waals surface area contributed by atoms with Crippen molar-refractivity contribution in [2.75, 3.05) is 31.9 Å². The van der Waals surface area contributed by atoms with E-state index in [1.54, 1.807) is 0 Å². The standard InChI is InChI=1S/C13H28N2S/c1-11(2)5-6-14-7-8-15-9-10-16-13(4)12(15)3/h11-14H,5-10H2,1-4H3. The number of hydrogen-bond donors (Lipinski definition) is 1. The second-order valence-electron chi connectivity index (χ2n) is 5.29. The highest BCUT2D eigenvalue weighted by Gasteiger charge is 2.24. The zero-order valence-electron chi connectivity index (χ0n) is 11.3. The molecule has 0 aliphatic carbocycles. The van der Waals surface area contributed by atoms with E-state index >= 15 is 0 Å². The summed E-state index contributed by atoms with van der Waals surface area (Å²) in [6.45, 7) is 14.1. The molecule has 2 nitrogen and oxygen atoms in total. The summed E-state index contributed by atoms with van der Waals surface area (Å²) >= 11 is 2.12. The first-order valence-electron chi connectivity index (χ1n) is 6.67. The van der Waals surface area contributed by atoms with E-state index < -0.39 is 0 Å². The Morgan fingerprint density at radius 1 is 1.31 bits per heavy atom. The minimum atomic E-state index is 0.741. The lowest BCUT2D eigenvalue weighted by molar-refractivity contribution is 0.213. The summed E-state index contributed by atoms with van der Waals surface area (Å²) in [4.78, 5) is 2.63. The Balaban J connectivity index is 2.07. The molecule has 0 aromatic carbocycles. The maximum atomic E-state index is 3.55. The van der Waals surface area contributed by atoms with Gasteiger partial charge in [-0.25, -0.2) is 0 Å². The Morgan fingerprint density at radius 3 is 2.75 bits per heavy atom. The van der Waals surface area contributed by atoms with E-state index in [2.05, 4.69) is 49.7 Å². The quantitative estimate of drug-likeness (QED) is 0.723. The largest absolute Gasteiger partial charge is 0.315 e. The normalized spacial score (nSPS) is 27.6. The van der Waals surface area contributed by atoms with E-state index in [9.17, 15) is 0 Å². The molecule has 2 atom stereocenters. The molecule has 0 spiro atoms. The number of rotatable bonds is 6. The van der Waals surface area contributed by atoms with E-state index in [0.29, 0.717) is 0 Å². The van der Waals surface area contributed by atoms with Crippen LogP contribution in [0.4, 0.5) is 0 Å². The van der Waals surface area contributed by atoms with Gasteiger partial charge < -0.3 is 5.32 Å². The Kier molecular flexibility index (Phi) is 6.78. The monoisotopic (exact) mass is 244 g/mol. The van der Waals surface area contributed by atoms with Gasteiger partial charge in [-0.3, -0.25) is 4.90 Å². The van der Waals surface area contributed by atoms with Crippen LogP contribution in [0.1, 0.15) is 34.1 Å². The van der Waals surface area contributed by atoms with Gasteiger partial charge >= 0.3 is 0 Å². The fourth-order valence-corrected chi connectivity index (χ4v) is 3.21. The van der Waals surface area contributed by atoms with Crippen molar-refractivity contribution in [3.05, 3.63) is 0 Å². The smallest absolute Gasteiger partial charge is 0.0184 e. The van der Waals surface area contributed by atoms with E-state index in [4.69, 9.17) is 0 Å². The Bertz CT molecular complexity index is 185. The first-order valence-corrected chi connectivity index (χ1v) is 7.72. The molecule has 0 aromatic rings. The minimum Gasteiger partial charge on any atom is -0.315 e. The fourth-order valence-electron chi connectivity index (χ4n) is 2.05. The van der Waals surface area contributed by atoms with Crippen molar-refractivity contribution < 1.29 is 0 Å². The van der Waals surface area contributed by atoms with Crippen LogP contribution in [0.15, 0.2) is 0 Å². The van der Waals surface area contributed by atoms with Crippen LogP contribution in [0.5, 0.6) is 0 Å². The Labute approximate surface area is 106 Å². The predicted molar refractivity (Wildman–Crippen MR) is 75.3 cm³/mol. The van der Waals surface area contributed by atoms with Gasteiger partial charge in [0.05, 0.1) is 0 Å². The van der Waals surface area contributed by atoms with Crippen molar-refractivity contribution in [2.45, 2.75) is 45.4 Å². The molecule has 1 rings (SSSR count). The summed E-state index contributed by atoms with van der Waals surface area (Å²) in [5.41, 5.74) is 0. The SMILES string of the molecule is CC(C)CCNCCN1CCSC(C)C1C. The lowest BCUT2D eigenvalue weighted by Crippen LogP contribution is -2.47. The molecule has 1 aliphatic heterocycles. The van der Waals surface area contributed by atoms with Crippen molar-refractivity contribution in [2.24, 2.45) is 5.92 Å². The molecule has 0 aromatic heterocycles. The second kappa shape index (κ2) is 7.57.